The number of nitriles is 1. The fourth-order valence-corrected chi connectivity index (χ4v) is 3.74. The zero-order valence-electron chi connectivity index (χ0n) is 17.1. The summed E-state index contributed by atoms with van der Waals surface area (Å²) >= 11 is 1.22. The predicted octanol–water partition coefficient (Wildman–Crippen LogP) is 5.43. The molecule has 0 aliphatic carbocycles. The lowest BCUT2D eigenvalue weighted by atomic mass is 9.99. The minimum Gasteiger partial charge on any atom is -0.351 e. The number of carbonyl (C=O) groups is 1. The van der Waals surface area contributed by atoms with Gasteiger partial charge in [0.15, 0.2) is 0 Å². The number of hydrogen-bond acceptors (Lipinski definition) is 4. The van der Waals surface area contributed by atoms with Gasteiger partial charge in [-0.3, -0.25) is 4.79 Å². The number of nitrogens with zero attached hydrogens (tertiary/aromatic N) is 2. The standard InChI is InChI=1S/C24H22FN3OS/c1-24(2,3)28-22(29)15-30-23-20(14-26)19(16-7-5-4-6-8-16)13-21(27-23)17-9-11-18(25)12-10-17/h4-13H,15H2,1-3H3,(H,28,29). The van der Waals surface area contributed by atoms with Gasteiger partial charge >= 0.3 is 0 Å². The van der Waals surface area contributed by atoms with E-state index in [1.165, 1.54) is 23.9 Å². The minimum atomic E-state index is -0.339. The molecule has 30 heavy (non-hydrogen) atoms. The molecule has 6 heteroatoms. The van der Waals surface area contributed by atoms with Crippen LogP contribution in [-0.4, -0.2) is 22.2 Å². The molecule has 3 rings (SSSR count). The molecule has 1 aromatic heterocycles. The van der Waals surface area contributed by atoms with Crippen molar-refractivity contribution in [3.8, 4) is 28.5 Å². The van der Waals surface area contributed by atoms with Gasteiger partial charge in [0.1, 0.15) is 16.9 Å². The Morgan fingerprint density at radius 3 is 2.37 bits per heavy atom. The first-order valence-electron chi connectivity index (χ1n) is 9.47. The zero-order valence-corrected chi connectivity index (χ0v) is 17.9. The Morgan fingerprint density at radius 1 is 1.10 bits per heavy atom. The van der Waals surface area contributed by atoms with Crippen LogP contribution in [0.15, 0.2) is 65.7 Å². The van der Waals surface area contributed by atoms with Crippen molar-refractivity contribution in [1.82, 2.24) is 10.3 Å². The van der Waals surface area contributed by atoms with Crippen molar-refractivity contribution in [3.05, 3.63) is 72.0 Å². The molecular weight excluding hydrogens is 397 g/mol. The lowest BCUT2D eigenvalue weighted by Crippen LogP contribution is -2.41. The Hall–Kier alpha value is -3.17. The topological polar surface area (TPSA) is 65.8 Å². The normalized spacial score (nSPS) is 11.0. The number of pyridine rings is 1. The van der Waals surface area contributed by atoms with E-state index in [9.17, 15) is 14.4 Å². The second-order valence-electron chi connectivity index (χ2n) is 7.81. The van der Waals surface area contributed by atoms with Crippen LogP contribution in [0.1, 0.15) is 26.3 Å². The fourth-order valence-electron chi connectivity index (χ4n) is 2.94. The Kier molecular flexibility index (Phi) is 6.53. The fraction of sp³-hybridized carbons (Fsp3) is 0.208. The van der Waals surface area contributed by atoms with Crippen molar-refractivity contribution in [2.75, 3.05) is 5.75 Å². The Bertz CT molecular complexity index is 1080. The monoisotopic (exact) mass is 419 g/mol. The van der Waals surface area contributed by atoms with Crippen molar-refractivity contribution in [2.45, 2.75) is 31.3 Å². The highest BCUT2D eigenvalue weighted by molar-refractivity contribution is 8.00. The molecular formula is C24H22FN3OS. The molecule has 0 saturated heterocycles. The van der Waals surface area contributed by atoms with E-state index in [0.29, 0.717) is 16.3 Å². The van der Waals surface area contributed by atoms with Crippen LogP contribution in [-0.2, 0) is 4.79 Å². The molecule has 0 unspecified atom stereocenters. The van der Waals surface area contributed by atoms with Crippen LogP contribution in [0.3, 0.4) is 0 Å². The van der Waals surface area contributed by atoms with Crippen LogP contribution in [0, 0.1) is 17.1 Å². The van der Waals surface area contributed by atoms with Gasteiger partial charge < -0.3 is 5.32 Å². The SMILES string of the molecule is CC(C)(C)NC(=O)CSc1nc(-c2ccc(F)cc2)cc(-c2ccccc2)c1C#N. The summed E-state index contributed by atoms with van der Waals surface area (Å²) in [5.41, 5.74) is 3.03. The van der Waals surface area contributed by atoms with Crippen LogP contribution in [0.2, 0.25) is 0 Å². The summed E-state index contributed by atoms with van der Waals surface area (Å²) in [6.45, 7) is 5.74. The molecule has 152 valence electrons. The molecule has 0 spiro atoms. The van der Waals surface area contributed by atoms with Gasteiger partial charge in [-0.2, -0.15) is 5.26 Å². The minimum absolute atomic E-state index is 0.133. The second kappa shape index (κ2) is 9.10. The number of aromatic nitrogens is 1. The van der Waals surface area contributed by atoms with Crippen LogP contribution in [0.4, 0.5) is 4.39 Å². The third-order valence-corrected chi connectivity index (χ3v) is 5.15. The highest BCUT2D eigenvalue weighted by atomic mass is 32.2. The van der Waals surface area contributed by atoms with Gasteiger partial charge in [-0.05, 0) is 56.7 Å². The Morgan fingerprint density at radius 2 is 1.77 bits per heavy atom. The third-order valence-electron chi connectivity index (χ3n) is 4.18. The molecule has 0 aliphatic rings. The lowest BCUT2D eigenvalue weighted by Gasteiger charge is -2.20. The summed E-state index contributed by atoms with van der Waals surface area (Å²) < 4.78 is 13.4. The van der Waals surface area contributed by atoms with E-state index < -0.39 is 0 Å². The van der Waals surface area contributed by atoms with Crippen molar-refractivity contribution >= 4 is 17.7 Å². The summed E-state index contributed by atoms with van der Waals surface area (Å²) in [6.07, 6.45) is 0. The summed E-state index contributed by atoms with van der Waals surface area (Å²) in [5.74, 6) is -0.323. The average Bonchev–Trinajstić information content (AvgIpc) is 2.71. The smallest absolute Gasteiger partial charge is 0.230 e. The molecule has 4 nitrogen and oxygen atoms in total. The van der Waals surface area contributed by atoms with E-state index >= 15 is 0 Å². The molecule has 2 aromatic carbocycles. The van der Waals surface area contributed by atoms with E-state index in [4.69, 9.17) is 0 Å². The summed E-state index contributed by atoms with van der Waals surface area (Å²) in [6, 6.07) is 19.7. The summed E-state index contributed by atoms with van der Waals surface area (Å²) in [7, 11) is 0. The van der Waals surface area contributed by atoms with Gasteiger partial charge in [0.25, 0.3) is 0 Å². The highest BCUT2D eigenvalue weighted by Gasteiger charge is 2.19. The number of thioether (sulfide) groups is 1. The first kappa shape index (κ1) is 21.5. The van der Waals surface area contributed by atoms with E-state index in [0.717, 1.165) is 16.7 Å². The molecule has 0 atom stereocenters. The number of carbonyl (C=O) groups excluding carboxylic acids is 1. The predicted molar refractivity (Wildman–Crippen MR) is 118 cm³/mol. The highest BCUT2D eigenvalue weighted by Crippen LogP contribution is 2.34. The number of nitrogens with one attached hydrogen (secondary N) is 1. The number of rotatable bonds is 5. The second-order valence-corrected chi connectivity index (χ2v) is 8.77. The molecule has 0 fully saturated rings. The van der Waals surface area contributed by atoms with Crippen molar-refractivity contribution in [2.24, 2.45) is 0 Å². The molecule has 0 bridgehead atoms. The molecule has 0 radical (unpaired) electrons. The first-order valence-corrected chi connectivity index (χ1v) is 10.5. The van der Waals surface area contributed by atoms with Crippen LogP contribution in [0.5, 0.6) is 0 Å². The average molecular weight is 420 g/mol. The van der Waals surface area contributed by atoms with Gasteiger partial charge in [-0.25, -0.2) is 9.37 Å². The van der Waals surface area contributed by atoms with Crippen LogP contribution < -0.4 is 5.32 Å². The van der Waals surface area contributed by atoms with Gasteiger partial charge in [0.2, 0.25) is 5.91 Å². The van der Waals surface area contributed by atoms with Crippen LogP contribution >= 0.6 is 11.8 Å². The third kappa shape index (κ3) is 5.46. The largest absolute Gasteiger partial charge is 0.351 e. The van der Waals surface area contributed by atoms with Gasteiger partial charge in [-0.15, -0.1) is 0 Å². The maximum absolute atomic E-state index is 13.4. The summed E-state index contributed by atoms with van der Waals surface area (Å²) in [5, 5.41) is 13.2. The van der Waals surface area contributed by atoms with E-state index in [1.54, 1.807) is 12.1 Å². The van der Waals surface area contributed by atoms with Gasteiger partial charge in [-0.1, -0.05) is 42.1 Å². The lowest BCUT2D eigenvalue weighted by molar-refractivity contribution is -0.119. The van der Waals surface area contributed by atoms with Crippen molar-refractivity contribution in [3.63, 3.8) is 0 Å². The van der Waals surface area contributed by atoms with Crippen molar-refractivity contribution in [1.29, 1.82) is 5.26 Å². The molecule has 3 aromatic rings. The number of benzene rings is 2. The first-order chi connectivity index (χ1) is 14.3. The molecule has 0 saturated carbocycles. The van der Waals surface area contributed by atoms with E-state index in [2.05, 4.69) is 16.4 Å². The maximum atomic E-state index is 13.4. The number of amides is 1. The van der Waals surface area contributed by atoms with E-state index in [1.807, 2.05) is 57.2 Å². The quantitative estimate of drug-likeness (QED) is 0.560. The van der Waals surface area contributed by atoms with Crippen LogP contribution in [0.25, 0.3) is 22.4 Å². The maximum Gasteiger partial charge on any atom is 0.230 e. The van der Waals surface area contributed by atoms with Gasteiger partial charge in [0, 0.05) is 16.7 Å². The van der Waals surface area contributed by atoms with Crippen molar-refractivity contribution < 1.29 is 9.18 Å². The Balaban J connectivity index is 2.05. The number of halogens is 1. The molecule has 1 heterocycles. The molecule has 1 N–H and O–H groups in total. The Labute approximate surface area is 180 Å². The van der Waals surface area contributed by atoms with Gasteiger partial charge in [0.05, 0.1) is 17.0 Å². The zero-order chi connectivity index (χ0) is 21.7. The number of hydrogen-bond donors (Lipinski definition) is 1. The van der Waals surface area contributed by atoms with E-state index in [-0.39, 0.29) is 23.0 Å². The molecule has 1 amide bonds. The summed E-state index contributed by atoms with van der Waals surface area (Å²) in [4.78, 5) is 16.9. The molecule has 0 aliphatic heterocycles.